The number of nitrogens with one attached hydrogen (secondary N) is 2. The van der Waals surface area contributed by atoms with E-state index in [0.29, 0.717) is 21.6 Å². The van der Waals surface area contributed by atoms with E-state index in [2.05, 4.69) is 53.6 Å². The number of fused-ring (bicyclic) bond motifs is 2. The average molecular weight is 732 g/mol. The van der Waals surface area contributed by atoms with Crippen LogP contribution in [-0.4, -0.2) is 54.4 Å². The molecular formula is C34H44BBrN2O6S2. The lowest BCUT2D eigenvalue weighted by Gasteiger charge is -2.32. The van der Waals surface area contributed by atoms with Crippen LogP contribution in [0, 0.1) is 0 Å². The molecule has 4 aromatic rings. The Kier molecular flexibility index (Phi) is 9.85. The second kappa shape index (κ2) is 13.4. The first-order valence-corrected chi connectivity index (χ1v) is 18.8. The van der Waals surface area contributed by atoms with Crippen molar-refractivity contribution in [2.45, 2.75) is 115 Å². The summed E-state index contributed by atoms with van der Waals surface area (Å²) < 4.78 is 25.8. The van der Waals surface area contributed by atoms with E-state index >= 15 is 0 Å². The van der Waals surface area contributed by atoms with Gasteiger partial charge in [-0.25, -0.2) is 9.59 Å². The summed E-state index contributed by atoms with van der Waals surface area (Å²) in [5.74, 6) is 0.559. The normalized spacial score (nSPS) is 20.2. The molecule has 2 N–H and O–H groups in total. The van der Waals surface area contributed by atoms with E-state index in [4.69, 9.17) is 18.8 Å². The Morgan fingerprint density at radius 2 is 1.20 bits per heavy atom. The third kappa shape index (κ3) is 6.36. The number of ether oxygens (including phenoxy) is 2. The van der Waals surface area contributed by atoms with Crippen LogP contribution < -0.4 is 5.59 Å². The van der Waals surface area contributed by atoms with Crippen LogP contribution in [0.4, 0.5) is 0 Å². The summed E-state index contributed by atoms with van der Waals surface area (Å²) in [6, 6.07) is 3.79. The summed E-state index contributed by atoms with van der Waals surface area (Å²) in [5.41, 5.74) is 4.92. The maximum absolute atomic E-state index is 12.0. The van der Waals surface area contributed by atoms with Gasteiger partial charge >= 0.3 is 19.1 Å². The highest BCUT2D eigenvalue weighted by Crippen LogP contribution is 2.44. The molecule has 0 bridgehead atoms. The number of hydrogen-bond donors (Lipinski definition) is 2. The molecule has 0 spiro atoms. The molecular weight excluding hydrogens is 687 g/mol. The standard InChI is InChI=1S/C20H28BNO4S.C14H16BrNO2S/c1-19(2)20(3,4)26-21(25-19)17-15(12-9-7-6-8-10-12)16-13(22-17)11-14(27-16)18(23)24-5;1-18-14(17)10-7-9-12(19-10)11(13(15)16-9)8-5-3-2-4-6-8/h11-12,22H,6-10H2,1-5H3;7-8,16H,2-6H2,1H3. The average Bonchev–Trinajstić information content (AvgIpc) is 3.82. The minimum atomic E-state index is -0.409. The highest BCUT2D eigenvalue weighted by atomic mass is 79.9. The molecule has 7 rings (SSSR count). The van der Waals surface area contributed by atoms with E-state index in [1.807, 2.05) is 12.1 Å². The molecule has 3 fully saturated rings. The maximum atomic E-state index is 12.0. The first-order valence-electron chi connectivity index (χ1n) is 16.4. The fourth-order valence-electron chi connectivity index (χ4n) is 7.09. The van der Waals surface area contributed by atoms with Gasteiger partial charge < -0.3 is 28.8 Å². The number of carbonyl (C=O) groups excluding carboxylic acids is 2. The van der Waals surface area contributed by atoms with Crippen molar-refractivity contribution in [3.8, 4) is 0 Å². The predicted molar refractivity (Wildman–Crippen MR) is 190 cm³/mol. The van der Waals surface area contributed by atoms with Gasteiger partial charge in [-0.1, -0.05) is 38.5 Å². The molecule has 248 valence electrons. The van der Waals surface area contributed by atoms with Crippen LogP contribution in [0.15, 0.2) is 16.7 Å². The second-order valence-electron chi connectivity index (χ2n) is 13.8. The number of carbonyl (C=O) groups is 2. The maximum Gasteiger partial charge on any atom is 0.512 e. The summed E-state index contributed by atoms with van der Waals surface area (Å²) in [6.07, 6.45) is 12.6. The van der Waals surface area contributed by atoms with E-state index in [1.54, 1.807) is 0 Å². The van der Waals surface area contributed by atoms with Gasteiger partial charge in [-0.2, -0.15) is 0 Å². The summed E-state index contributed by atoms with van der Waals surface area (Å²) in [6.45, 7) is 8.31. The van der Waals surface area contributed by atoms with Gasteiger partial charge in [-0.3, -0.25) is 0 Å². The third-order valence-corrected chi connectivity index (χ3v) is 13.2. The van der Waals surface area contributed by atoms with Gasteiger partial charge in [-0.05, 0) is 98.8 Å². The Morgan fingerprint density at radius 3 is 1.67 bits per heavy atom. The van der Waals surface area contributed by atoms with Crippen molar-refractivity contribution in [3.05, 3.63) is 37.6 Å². The minimum absolute atomic E-state index is 0.250. The van der Waals surface area contributed by atoms with E-state index < -0.39 is 7.12 Å². The Hall–Kier alpha value is -2.12. The molecule has 5 heterocycles. The van der Waals surface area contributed by atoms with Crippen LogP contribution in [0.1, 0.15) is 134 Å². The molecule has 1 saturated heterocycles. The molecule has 4 aromatic heterocycles. The lowest BCUT2D eigenvalue weighted by atomic mass is 9.75. The topological polar surface area (TPSA) is 103 Å². The Balaban J connectivity index is 0.000000172. The number of aromatic nitrogens is 2. The van der Waals surface area contributed by atoms with Crippen molar-refractivity contribution in [3.63, 3.8) is 0 Å². The summed E-state index contributed by atoms with van der Waals surface area (Å²) in [5, 5.41) is 0. The van der Waals surface area contributed by atoms with Gasteiger partial charge in [0.05, 0.1) is 56.1 Å². The van der Waals surface area contributed by atoms with Crippen LogP contribution in [0.5, 0.6) is 0 Å². The van der Waals surface area contributed by atoms with Gasteiger partial charge in [0.25, 0.3) is 0 Å². The third-order valence-electron chi connectivity index (χ3n) is 10.3. The quantitative estimate of drug-likeness (QED) is 0.157. The molecule has 46 heavy (non-hydrogen) atoms. The van der Waals surface area contributed by atoms with Gasteiger partial charge in [0.2, 0.25) is 0 Å². The molecule has 3 aliphatic rings. The van der Waals surface area contributed by atoms with Crippen LogP contribution in [0.2, 0.25) is 0 Å². The Labute approximate surface area is 287 Å². The molecule has 0 aromatic carbocycles. The SMILES string of the molecule is COC(=O)c1cc2[nH]c(B3OC(C)(C)C(C)(C)O3)c(C3CCCCC3)c2s1.COC(=O)c1cc2[nH]c(Br)c(C3CCCCC3)c2s1. The number of H-pyrrole nitrogens is 2. The number of rotatable bonds is 5. The number of halogens is 1. The predicted octanol–water partition coefficient (Wildman–Crippen LogP) is 9.19. The van der Waals surface area contributed by atoms with Crippen molar-refractivity contribution in [2.24, 2.45) is 0 Å². The van der Waals surface area contributed by atoms with Crippen molar-refractivity contribution >= 4 is 83.7 Å². The van der Waals surface area contributed by atoms with E-state index in [1.165, 1.54) is 117 Å². The number of esters is 2. The van der Waals surface area contributed by atoms with Crippen molar-refractivity contribution in [1.29, 1.82) is 0 Å². The first kappa shape index (κ1) is 33.8. The van der Waals surface area contributed by atoms with Gasteiger partial charge in [0.15, 0.2) is 0 Å². The monoisotopic (exact) mass is 730 g/mol. The van der Waals surface area contributed by atoms with E-state index in [9.17, 15) is 9.59 Å². The number of thiophene rings is 2. The summed E-state index contributed by atoms with van der Waals surface area (Å²) >= 11 is 6.69. The smallest absolute Gasteiger partial charge is 0.465 e. The molecule has 0 atom stereocenters. The van der Waals surface area contributed by atoms with Gasteiger partial charge in [0.1, 0.15) is 9.75 Å². The number of hydrogen-bond acceptors (Lipinski definition) is 8. The highest BCUT2D eigenvalue weighted by Gasteiger charge is 2.53. The zero-order valence-electron chi connectivity index (χ0n) is 27.6. The molecule has 0 unspecified atom stereocenters. The van der Waals surface area contributed by atoms with Crippen LogP contribution in [0.25, 0.3) is 20.4 Å². The van der Waals surface area contributed by atoms with Crippen molar-refractivity contribution < 1.29 is 28.4 Å². The van der Waals surface area contributed by atoms with Crippen molar-refractivity contribution in [2.75, 3.05) is 14.2 Å². The molecule has 8 nitrogen and oxygen atoms in total. The van der Waals surface area contributed by atoms with Gasteiger partial charge in [0, 0.05) is 5.56 Å². The molecule has 12 heteroatoms. The Bertz CT molecular complexity index is 1710. The molecule has 2 saturated carbocycles. The lowest BCUT2D eigenvalue weighted by molar-refractivity contribution is 0.00578. The molecule has 2 aliphatic carbocycles. The zero-order valence-corrected chi connectivity index (χ0v) is 30.8. The highest BCUT2D eigenvalue weighted by molar-refractivity contribution is 9.10. The molecule has 1 aliphatic heterocycles. The minimum Gasteiger partial charge on any atom is -0.465 e. The first-order chi connectivity index (χ1) is 21.9. The van der Waals surface area contributed by atoms with Crippen LogP contribution >= 0.6 is 38.6 Å². The number of methoxy groups -OCH3 is 2. The van der Waals surface area contributed by atoms with Crippen molar-refractivity contribution in [1.82, 2.24) is 9.97 Å². The molecule has 0 amide bonds. The molecule has 0 radical (unpaired) electrons. The van der Waals surface area contributed by atoms with Gasteiger partial charge in [-0.15, -0.1) is 22.7 Å². The van der Waals surface area contributed by atoms with E-state index in [-0.39, 0.29) is 23.1 Å². The largest absolute Gasteiger partial charge is 0.512 e. The second-order valence-corrected chi connectivity index (χ2v) is 16.7. The van der Waals surface area contributed by atoms with Crippen LogP contribution in [-0.2, 0) is 18.8 Å². The fraction of sp³-hybridized carbons (Fsp3) is 0.588. The fourth-order valence-corrected chi connectivity index (χ4v) is 10.3. The number of aromatic amines is 2. The Morgan fingerprint density at radius 1 is 0.761 bits per heavy atom. The van der Waals surface area contributed by atoms with Crippen LogP contribution in [0.3, 0.4) is 0 Å². The summed E-state index contributed by atoms with van der Waals surface area (Å²) in [4.78, 5) is 31.8. The zero-order chi connectivity index (χ0) is 32.8. The lowest BCUT2D eigenvalue weighted by Crippen LogP contribution is -2.41. The summed E-state index contributed by atoms with van der Waals surface area (Å²) in [7, 11) is 2.44. The van der Waals surface area contributed by atoms with E-state index in [0.717, 1.165) is 25.9 Å².